The van der Waals surface area contributed by atoms with E-state index < -0.39 is 0 Å². The van der Waals surface area contributed by atoms with Gasteiger partial charge in [-0.25, -0.2) is 0 Å². The summed E-state index contributed by atoms with van der Waals surface area (Å²) in [5, 5.41) is 6.14. The number of carbonyl (C=O) groups excluding carboxylic acids is 1. The normalized spacial score (nSPS) is 10.4. The fraction of sp³-hybridized carbons (Fsp3) is 0.267. The molecule has 4 nitrogen and oxygen atoms in total. The first-order chi connectivity index (χ1) is 10.1. The van der Waals surface area contributed by atoms with Gasteiger partial charge in [0.1, 0.15) is 6.61 Å². The van der Waals surface area contributed by atoms with E-state index in [4.69, 9.17) is 4.74 Å². The lowest BCUT2D eigenvalue weighted by Gasteiger charge is -2.08. The van der Waals surface area contributed by atoms with Crippen LogP contribution < -0.4 is 10.6 Å². The maximum absolute atomic E-state index is 11.5. The number of hydrogen-bond acceptors (Lipinski definition) is 4. The van der Waals surface area contributed by atoms with Crippen molar-refractivity contribution in [3.63, 3.8) is 0 Å². The monoisotopic (exact) mass is 368 g/mol. The van der Waals surface area contributed by atoms with Crippen LogP contribution in [-0.2, 0) is 16.1 Å². The Morgan fingerprint density at radius 1 is 1.33 bits per heavy atom. The Hall–Kier alpha value is -1.37. The molecule has 0 spiro atoms. The van der Waals surface area contributed by atoms with Crippen LogP contribution in [-0.4, -0.2) is 19.6 Å². The molecular weight excluding hydrogens is 352 g/mol. The van der Waals surface area contributed by atoms with Gasteiger partial charge in [0, 0.05) is 39.3 Å². The van der Waals surface area contributed by atoms with Crippen LogP contribution in [0.15, 0.2) is 34.8 Å². The zero-order valence-electron chi connectivity index (χ0n) is 11.9. The first-order valence-electron chi connectivity index (χ1n) is 6.46. The van der Waals surface area contributed by atoms with Crippen molar-refractivity contribution in [1.29, 1.82) is 0 Å². The van der Waals surface area contributed by atoms with Crippen LogP contribution >= 0.6 is 27.3 Å². The number of amides is 1. The van der Waals surface area contributed by atoms with Crippen LogP contribution in [0.4, 0.5) is 11.4 Å². The molecule has 0 radical (unpaired) electrons. The van der Waals surface area contributed by atoms with Gasteiger partial charge in [0.15, 0.2) is 0 Å². The molecule has 2 N–H and O–H groups in total. The summed E-state index contributed by atoms with van der Waals surface area (Å²) < 4.78 is 5.94. The number of hydrogen-bond donors (Lipinski definition) is 2. The summed E-state index contributed by atoms with van der Waals surface area (Å²) in [6.45, 7) is 2.90. The van der Waals surface area contributed by atoms with E-state index in [9.17, 15) is 4.79 Å². The highest BCUT2D eigenvalue weighted by Gasteiger charge is 2.04. The number of halogens is 1. The van der Waals surface area contributed by atoms with E-state index in [1.807, 2.05) is 24.3 Å². The molecule has 0 bridgehead atoms. The number of carbonyl (C=O) groups is 1. The first-order valence-corrected chi connectivity index (χ1v) is 8.07. The molecular formula is C15H17BrN2O2S. The van der Waals surface area contributed by atoms with E-state index in [0.29, 0.717) is 0 Å². The molecule has 21 heavy (non-hydrogen) atoms. The number of anilines is 2. The van der Waals surface area contributed by atoms with Crippen molar-refractivity contribution >= 4 is 44.5 Å². The molecule has 112 valence electrons. The number of rotatable bonds is 6. The smallest absolute Gasteiger partial charge is 0.250 e. The van der Waals surface area contributed by atoms with Crippen LogP contribution in [0.3, 0.4) is 0 Å². The summed E-state index contributed by atoms with van der Waals surface area (Å²) in [5.41, 5.74) is 1.72. The summed E-state index contributed by atoms with van der Waals surface area (Å²) in [6, 6.07) is 9.76. The third-order valence-electron chi connectivity index (χ3n) is 2.80. The topological polar surface area (TPSA) is 50.4 Å². The third kappa shape index (κ3) is 4.84. The molecule has 1 amide bonds. The Kier molecular flexibility index (Phi) is 5.78. The second-order valence-electron chi connectivity index (χ2n) is 4.53. The summed E-state index contributed by atoms with van der Waals surface area (Å²) in [7, 11) is 1.50. The predicted molar refractivity (Wildman–Crippen MR) is 91.0 cm³/mol. The van der Waals surface area contributed by atoms with E-state index in [1.54, 1.807) is 11.3 Å². The van der Waals surface area contributed by atoms with Crippen LogP contribution in [0.25, 0.3) is 0 Å². The Labute approximate surface area is 136 Å². The fourth-order valence-corrected chi connectivity index (χ4v) is 3.37. The standard InChI is InChI=1S/C15H17BrN2O2S/c1-10-14(16)7-13(21-10)8-17-11-4-3-5-12(6-11)18-15(19)9-20-2/h3-7,17H,8-9H2,1-2H3,(H,18,19). The number of methoxy groups -OCH3 is 1. The second kappa shape index (κ2) is 7.59. The van der Waals surface area contributed by atoms with Crippen molar-refractivity contribution < 1.29 is 9.53 Å². The molecule has 0 saturated heterocycles. The van der Waals surface area contributed by atoms with Gasteiger partial charge < -0.3 is 15.4 Å². The lowest BCUT2D eigenvalue weighted by molar-refractivity contribution is -0.119. The molecule has 0 aliphatic carbocycles. The lowest BCUT2D eigenvalue weighted by Crippen LogP contribution is -2.17. The van der Waals surface area contributed by atoms with Crippen LogP contribution in [0.5, 0.6) is 0 Å². The lowest BCUT2D eigenvalue weighted by atomic mass is 10.2. The molecule has 2 rings (SSSR count). The number of benzene rings is 1. The third-order valence-corrected chi connectivity index (χ3v) is 4.93. The zero-order valence-corrected chi connectivity index (χ0v) is 14.3. The number of nitrogens with one attached hydrogen (secondary N) is 2. The van der Waals surface area contributed by atoms with Gasteiger partial charge in [0.2, 0.25) is 5.91 Å². The van der Waals surface area contributed by atoms with E-state index in [2.05, 4.69) is 39.6 Å². The van der Waals surface area contributed by atoms with Crippen molar-refractivity contribution in [2.75, 3.05) is 24.4 Å². The fourth-order valence-electron chi connectivity index (χ4n) is 1.83. The Morgan fingerprint density at radius 2 is 2.10 bits per heavy atom. The number of thiophene rings is 1. The van der Waals surface area contributed by atoms with E-state index in [1.165, 1.54) is 16.9 Å². The maximum Gasteiger partial charge on any atom is 0.250 e. The number of ether oxygens (including phenoxy) is 1. The highest BCUT2D eigenvalue weighted by atomic mass is 79.9. The minimum atomic E-state index is -0.160. The Morgan fingerprint density at radius 3 is 2.76 bits per heavy atom. The first kappa shape index (κ1) is 16.0. The molecule has 2 aromatic rings. The molecule has 1 heterocycles. The summed E-state index contributed by atoms with van der Waals surface area (Å²) in [4.78, 5) is 14.0. The summed E-state index contributed by atoms with van der Waals surface area (Å²) in [6.07, 6.45) is 0. The summed E-state index contributed by atoms with van der Waals surface area (Å²) >= 11 is 5.28. The van der Waals surface area contributed by atoms with Gasteiger partial charge in [-0.1, -0.05) is 6.07 Å². The van der Waals surface area contributed by atoms with Gasteiger partial charge in [-0.3, -0.25) is 4.79 Å². The molecule has 1 aromatic heterocycles. The molecule has 0 saturated carbocycles. The van der Waals surface area contributed by atoms with Gasteiger partial charge in [0.25, 0.3) is 0 Å². The Balaban J connectivity index is 1.96. The van der Waals surface area contributed by atoms with Crippen LogP contribution in [0.1, 0.15) is 9.75 Å². The molecule has 6 heteroatoms. The zero-order chi connectivity index (χ0) is 15.2. The van der Waals surface area contributed by atoms with Crippen LogP contribution in [0, 0.1) is 6.92 Å². The van der Waals surface area contributed by atoms with E-state index in [-0.39, 0.29) is 12.5 Å². The molecule has 0 fully saturated rings. The minimum absolute atomic E-state index is 0.0557. The highest BCUT2D eigenvalue weighted by Crippen LogP contribution is 2.27. The molecule has 1 aromatic carbocycles. The van der Waals surface area contributed by atoms with E-state index in [0.717, 1.165) is 22.4 Å². The predicted octanol–water partition coefficient (Wildman–Crippen LogP) is 4.02. The Bertz CT molecular complexity index is 608. The largest absolute Gasteiger partial charge is 0.380 e. The van der Waals surface area contributed by atoms with Crippen molar-refractivity contribution in [2.24, 2.45) is 0 Å². The van der Waals surface area contributed by atoms with Crippen molar-refractivity contribution in [3.05, 3.63) is 44.6 Å². The quantitative estimate of drug-likeness (QED) is 0.809. The SMILES string of the molecule is COCC(=O)Nc1cccc(NCc2cc(Br)c(C)s2)c1. The van der Waals surface area contributed by atoms with Crippen LogP contribution in [0.2, 0.25) is 0 Å². The van der Waals surface area contributed by atoms with E-state index >= 15 is 0 Å². The highest BCUT2D eigenvalue weighted by molar-refractivity contribution is 9.10. The molecule has 0 aliphatic heterocycles. The summed E-state index contributed by atoms with van der Waals surface area (Å²) in [5.74, 6) is -0.160. The molecule has 0 unspecified atom stereocenters. The molecule has 0 atom stereocenters. The second-order valence-corrected chi connectivity index (χ2v) is 6.73. The maximum atomic E-state index is 11.5. The average molecular weight is 369 g/mol. The van der Waals surface area contributed by atoms with Gasteiger partial charge in [-0.2, -0.15) is 0 Å². The van der Waals surface area contributed by atoms with Crippen molar-refractivity contribution in [2.45, 2.75) is 13.5 Å². The van der Waals surface area contributed by atoms with Gasteiger partial charge in [0.05, 0.1) is 0 Å². The van der Waals surface area contributed by atoms with Gasteiger partial charge >= 0.3 is 0 Å². The average Bonchev–Trinajstić information content (AvgIpc) is 2.76. The van der Waals surface area contributed by atoms with Crippen molar-refractivity contribution in [1.82, 2.24) is 0 Å². The minimum Gasteiger partial charge on any atom is -0.380 e. The van der Waals surface area contributed by atoms with Gasteiger partial charge in [-0.15, -0.1) is 11.3 Å². The number of aryl methyl sites for hydroxylation is 1. The van der Waals surface area contributed by atoms with Crippen molar-refractivity contribution in [3.8, 4) is 0 Å². The van der Waals surface area contributed by atoms with Gasteiger partial charge in [-0.05, 0) is 47.1 Å². The molecule has 0 aliphatic rings.